The number of rotatable bonds is 4. The van der Waals surface area contributed by atoms with Crippen LogP contribution in [0.5, 0.6) is 0 Å². The van der Waals surface area contributed by atoms with Crippen LogP contribution in [0.1, 0.15) is 16.7 Å². The molecule has 3 rings (SSSR count). The second-order valence-electron chi connectivity index (χ2n) is 5.78. The Kier molecular flexibility index (Phi) is 4.90. The molecule has 3 aromatic rings. The summed E-state index contributed by atoms with van der Waals surface area (Å²) in [4.78, 5) is 12.2. The Bertz CT molecular complexity index is 968. The Balaban J connectivity index is 1.73. The van der Waals surface area contributed by atoms with Crippen molar-refractivity contribution in [1.29, 1.82) is 0 Å². The van der Waals surface area contributed by atoms with Crippen molar-refractivity contribution in [2.24, 2.45) is 0 Å². The molecule has 9 heteroatoms. The fourth-order valence-corrected chi connectivity index (χ4v) is 3.04. The van der Waals surface area contributed by atoms with Crippen LogP contribution in [0.25, 0.3) is 5.65 Å². The van der Waals surface area contributed by atoms with Gasteiger partial charge in [0.1, 0.15) is 0 Å². The lowest BCUT2D eigenvalue weighted by Gasteiger charge is -2.09. The smallest absolute Gasteiger partial charge is 0.325 e. The minimum atomic E-state index is -4.46. The molecule has 0 unspecified atom stereocenters. The van der Waals surface area contributed by atoms with Crippen LogP contribution in [0, 0.1) is 13.8 Å². The van der Waals surface area contributed by atoms with Crippen molar-refractivity contribution in [2.75, 3.05) is 11.1 Å². The molecule has 0 saturated carbocycles. The maximum absolute atomic E-state index is 12.9. The first kappa shape index (κ1) is 18.2. The molecule has 0 aliphatic rings. The molecule has 1 aromatic carbocycles. The summed E-state index contributed by atoms with van der Waals surface area (Å²) in [5.74, 6) is -0.267. The summed E-state index contributed by atoms with van der Waals surface area (Å²) in [6.07, 6.45) is -3.53. The van der Waals surface area contributed by atoms with Gasteiger partial charge in [-0.2, -0.15) is 13.2 Å². The standard InChI is InChI=1S/C17H15F3N4OS/c1-10-3-4-11(2)13(7-10)21-15(25)9-26-16-23-22-14-6-5-12(8-24(14)16)17(18,19)20/h3-8H,9H2,1-2H3,(H,21,25). The molecular formula is C17H15F3N4OS. The third kappa shape index (κ3) is 3.98. The van der Waals surface area contributed by atoms with Crippen LogP contribution in [0.4, 0.5) is 18.9 Å². The first-order valence-electron chi connectivity index (χ1n) is 7.66. The SMILES string of the molecule is Cc1ccc(C)c(NC(=O)CSc2nnc3ccc(C(F)(F)F)cn23)c1. The van der Waals surface area contributed by atoms with Crippen LogP contribution in [0.3, 0.4) is 0 Å². The summed E-state index contributed by atoms with van der Waals surface area (Å²) in [6, 6.07) is 7.91. The van der Waals surface area contributed by atoms with Crippen molar-refractivity contribution in [3.8, 4) is 0 Å². The molecule has 0 bridgehead atoms. The highest BCUT2D eigenvalue weighted by Crippen LogP contribution is 2.30. The van der Waals surface area contributed by atoms with Crippen LogP contribution < -0.4 is 5.32 Å². The van der Waals surface area contributed by atoms with Gasteiger partial charge in [-0.15, -0.1) is 10.2 Å². The van der Waals surface area contributed by atoms with Gasteiger partial charge in [-0.05, 0) is 43.2 Å². The monoisotopic (exact) mass is 380 g/mol. The van der Waals surface area contributed by atoms with Gasteiger partial charge < -0.3 is 5.32 Å². The van der Waals surface area contributed by atoms with Crippen LogP contribution in [-0.4, -0.2) is 26.3 Å². The van der Waals surface area contributed by atoms with E-state index in [1.807, 2.05) is 32.0 Å². The molecule has 1 amide bonds. The van der Waals surface area contributed by atoms with Crippen molar-refractivity contribution >= 4 is 29.0 Å². The van der Waals surface area contributed by atoms with Gasteiger partial charge in [0, 0.05) is 11.9 Å². The summed E-state index contributed by atoms with van der Waals surface area (Å²) in [5.41, 5.74) is 2.14. The number of nitrogens with zero attached hydrogens (tertiary/aromatic N) is 3. The van der Waals surface area contributed by atoms with E-state index in [-0.39, 0.29) is 22.5 Å². The Morgan fingerprint density at radius 3 is 2.69 bits per heavy atom. The minimum Gasteiger partial charge on any atom is -0.325 e. The van der Waals surface area contributed by atoms with E-state index in [4.69, 9.17) is 0 Å². The van der Waals surface area contributed by atoms with E-state index in [0.29, 0.717) is 5.69 Å². The molecule has 2 heterocycles. The van der Waals surface area contributed by atoms with Crippen molar-refractivity contribution in [1.82, 2.24) is 14.6 Å². The predicted molar refractivity (Wildman–Crippen MR) is 93.3 cm³/mol. The van der Waals surface area contributed by atoms with Gasteiger partial charge >= 0.3 is 6.18 Å². The highest BCUT2D eigenvalue weighted by Gasteiger charge is 2.31. The summed E-state index contributed by atoms with van der Waals surface area (Å²) in [6.45, 7) is 3.80. The number of hydrogen-bond donors (Lipinski definition) is 1. The molecule has 2 aromatic heterocycles. The lowest BCUT2D eigenvalue weighted by Crippen LogP contribution is -2.15. The maximum Gasteiger partial charge on any atom is 0.417 e. The highest BCUT2D eigenvalue weighted by molar-refractivity contribution is 7.99. The summed E-state index contributed by atoms with van der Waals surface area (Å²) >= 11 is 1.02. The van der Waals surface area contributed by atoms with Crippen LogP contribution >= 0.6 is 11.8 Å². The molecule has 0 saturated heterocycles. The van der Waals surface area contributed by atoms with Crippen molar-refractivity contribution in [2.45, 2.75) is 25.2 Å². The van der Waals surface area contributed by atoms with Gasteiger partial charge in [0.15, 0.2) is 10.8 Å². The van der Waals surface area contributed by atoms with E-state index in [0.717, 1.165) is 35.2 Å². The largest absolute Gasteiger partial charge is 0.417 e. The number of fused-ring (bicyclic) bond motifs is 1. The van der Waals surface area contributed by atoms with Gasteiger partial charge in [-0.1, -0.05) is 23.9 Å². The van der Waals surface area contributed by atoms with Crippen LogP contribution in [0.2, 0.25) is 0 Å². The van der Waals surface area contributed by atoms with Gasteiger partial charge in [0.2, 0.25) is 5.91 Å². The number of thioether (sulfide) groups is 1. The molecule has 0 aliphatic carbocycles. The lowest BCUT2D eigenvalue weighted by molar-refractivity contribution is -0.137. The molecule has 0 aliphatic heterocycles. The third-order valence-electron chi connectivity index (χ3n) is 3.70. The van der Waals surface area contributed by atoms with E-state index in [2.05, 4.69) is 15.5 Å². The highest BCUT2D eigenvalue weighted by atomic mass is 32.2. The number of benzene rings is 1. The maximum atomic E-state index is 12.9. The van der Waals surface area contributed by atoms with E-state index < -0.39 is 11.7 Å². The predicted octanol–water partition coefficient (Wildman–Crippen LogP) is 4.10. The molecule has 26 heavy (non-hydrogen) atoms. The fourth-order valence-electron chi connectivity index (χ4n) is 2.32. The van der Waals surface area contributed by atoms with E-state index in [1.165, 1.54) is 10.5 Å². The number of pyridine rings is 1. The van der Waals surface area contributed by atoms with E-state index in [9.17, 15) is 18.0 Å². The number of amides is 1. The number of aromatic nitrogens is 3. The summed E-state index contributed by atoms with van der Waals surface area (Å²) in [5, 5.41) is 10.7. The summed E-state index contributed by atoms with van der Waals surface area (Å²) in [7, 11) is 0. The zero-order chi connectivity index (χ0) is 18.9. The normalized spacial score (nSPS) is 11.7. The number of alkyl halides is 3. The molecule has 0 spiro atoms. The molecule has 0 fully saturated rings. The zero-order valence-corrected chi connectivity index (χ0v) is 14.8. The van der Waals surface area contributed by atoms with Crippen LogP contribution in [-0.2, 0) is 11.0 Å². The molecule has 1 N–H and O–H groups in total. The Labute approximate surface area is 151 Å². The van der Waals surface area contributed by atoms with Crippen LogP contribution in [0.15, 0.2) is 41.7 Å². The fraction of sp³-hybridized carbons (Fsp3) is 0.235. The zero-order valence-electron chi connectivity index (χ0n) is 14.0. The number of carbonyl (C=O) groups excluding carboxylic acids is 1. The van der Waals surface area contributed by atoms with Gasteiger partial charge in [-0.3, -0.25) is 9.20 Å². The number of anilines is 1. The Hall–Kier alpha value is -2.55. The lowest BCUT2D eigenvalue weighted by atomic mass is 10.1. The van der Waals surface area contributed by atoms with E-state index >= 15 is 0 Å². The number of nitrogens with one attached hydrogen (secondary N) is 1. The molecule has 0 atom stereocenters. The first-order valence-corrected chi connectivity index (χ1v) is 8.64. The molecule has 136 valence electrons. The third-order valence-corrected chi connectivity index (χ3v) is 4.64. The average molecular weight is 380 g/mol. The quantitative estimate of drug-likeness (QED) is 0.693. The van der Waals surface area contributed by atoms with Crippen molar-refractivity contribution in [3.63, 3.8) is 0 Å². The summed E-state index contributed by atoms with van der Waals surface area (Å²) < 4.78 is 39.8. The first-order chi connectivity index (χ1) is 12.2. The molecule has 5 nitrogen and oxygen atoms in total. The second-order valence-corrected chi connectivity index (χ2v) is 6.72. The van der Waals surface area contributed by atoms with E-state index in [1.54, 1.807) is 0 Å². The number of hydrogen-bond acceptors (Lipinski definition) is 4. The number of carbonyl (C=O) groups is 1. The number of aryl methyl sites for hydroxylation is 2. The topological polar surface area (TPSA) is 59.3 Å². The van der Waals surface area contributed by atoms with Crippen molar-refractivity contribution < 1.29 is 18.0 Å². The Morgan fingerprint density at radius 1 is 1.19 bits per heavy atom. The second kappa shape index (κ2) is 6.99. The van der Waals surface area contributed by atoms with Gasteiger partial charge in [0.05, 0.1) is 11.3 Å². The Morgan fingerprint density at radius 2 is 1.96 bits per heavy atom. The average Bonchev–Trinajstić information content (AvgIpc) is 2.98. The van der Waals surface area contributed by atoms with Gasteiger partial charge in [-0.25, -0.2) is 0 Å². The molecule has 0 radical (unpaired) electrons. The number of halogens is 3. The molecular weight excluding hydrogens is 365 g/mol. The van der Waals surface area contributed by atoms with Crippen molar-refractivity contribution in [3.05, 3.63) is 53.2 Å². The minimum absolute atomic E-state index is 0.00439. The van der Waals surface area contributed by atoms with Gasteiger partial charge in [0.25, 0.3) is 0 Å².